The van der Waals surface area contributed by atoms with Crippen LogP contribution in [0.1, 0.15) is 67.3 Å². The first-order valence-electron chi connectivity index (χ1n) is 7.80. The molecule has 1 aromatic carbocycles. The highest BCUT2D eigenvalue weighted by molar-refractivity contribution is 5.94. The van der Waals surface area contributed by atoms with Gasteiger partial charge in [-0.2, -0.15) is 0 Å². The van der Waals surface area contributed by atoms with Gasteiger partial charge in [-0.1, -0.05) is 31.4 Å². The third kappa shape index (κ3) is 5.68. The van der Waals surface area contributed by atoms with E-state index in [0.29, 0.717) is 12.5 Å². The summed E-state index contributed by atoms with van der Waals surface area (Å²) in [6.45, 7) is 2.59. The first-order chi connectivity index (χ1) is 9.66. The lowest BCUT2D eigenvalue weighted by Crippen LogP contribution is -2.28. The molecule has 0 heterocycles. The normalized spacial score (nSPS) is 16.9. The van der Waals surface area contributed by atoms with Crippen LogP contribution >= 0.6 is 12.4 Å². The molecular formula is C17H27ClN2O. The van der Waals surface area contributed by atoms with Crippen molar-refractivity contribution in [3.63, 3.8) is 0 Å². The Morgan fingerprint density at radius 3 is 2.43 bits per heavy atom. The van der Waals surface area contributed by atoms with Crippen LogP contribution < -0.4 is 11.1 Å². The maximum atomic E-state index is 12.0. The summed E-state index contributed by atoms with van der Waals surface area (Å²) in [7, 11) is 0. The van der Waals surface area contributed by atoms with Gasteiger partial charge in [0.15, 0.2) is 0 Å². The summed E-state index contributed by atoms with van der Waals surface area (Å²) in [5.41, 5.74) is 7.80. The molecule has 1 amide bonds. The zero-order valence-corrected chi connectivity index (χ0v) is 13.6. The molecule has 1 aliphatic rings. The van der Waals surface area contributed by atoms with Gasteiger partial charge in [0.25, 0.3) is 5.91 Å². The Kier molecular flexibility index (Phi) is 7.76. The zero-order valence-electron chi connectivity index (χ0n) is 12.8. The molecule has 1 aromatic rings. The van der Waals surface area contributed by atoms with Gasteiger partial charge in [-0.15, -0.1) is 12.4 Å². The minimum Gasteiger partial charge on any atom is -0.352 e. The molecule has 21 heavy (non-hydrogen) atoms. The van der Waals surface area contributed by atoms with E-state index in [4.69, 9.17) is 5.73 Å². The van der Waals surface area contributed by atoms with Crippen molar-refractivity contribution in [2.45, 2.75) is 57.4 Å². The van der Waals surface area contributed by atoms with E-state index in [2.05, 4.69) is 17.4 Å². The lowest BCUT2D eigenvalue weighted by molar-refractivity contribution is 0.0953. The standard InChI is InChI=1S/C17H26N2O.ClH/c1-13(18)11-12-19-17(20)16-9-7-15(8-10-16)14-5-3-2-4-6-14;/h7-10,13-14H,2-6,11-12,18H2,1H3,(H,19,20);1H. The summed E-state index contributed by atoms with van der Waals surface area (Å²) in [4.78, 5) is 12.0. The molecule has 118 valence electrons. The Morgan fingerprint density at radius 2 is 1.86 bits per heavy atom. The quantitative estimate of drug-likeness (QED) is 0.872. The van der Waals surface area contributed by atoms with E-state index in [0.717, 1.165) is 12.0 Å². The first kappa shape index (κ1) is 18.0. The second-order valence-electron chi connectivity index (χ2n) is 5.98. The minimum atomic E-state index is 0. The molecular weight excluding hydrogens is 284 g/mol. The highest BCUT2D eigenvalue weighted by Gasteiger charge is 2.15. The first-order valence-corrected chi connectivity index (χ1v) is 7.80. The molecule has 0 saturated heterocycles. The second kappa shape index (κ2) is 9.06. The molecule has 1 fully saturated rings. The Bertz CT molecular complexity index is 425. The smallest absolute Gasteiger partial charge is 0.251 e. The summed E-state index contributed by atoms with van der Waals surface area (Å²) in [6, 6.07) is 8.27. The van der Waals surface area contributed by atoms with Gasteiger partial charge < -0.3 is 11.1 Å². The number of carbonyl (C=O) groups excluding carboxylic acids is 1. The van der Waals surface area contributed by atoms with Crippen LogP contribution in [-0.2, 0) is 0 Å². The third-order valence-electron chi connectivity index (χ3n) is 4.13. The monoisotopic (exact) mass is 310 g/mol. The van der Waals surface area contributed by atoms with Gasteiger partial charge >= 0.3 is 0 Å². The molecule has 3 N–H and O–H groups in total. The van der Waals surface area contributed by atoms with Crippen molar-refractivity contribution in [2.24, 2.45) is 5.73 Å². The van der Waals surface area contributed by atoms with Crippen LogP contribution in [0.15, 0.2) is 24.3 Å². The molecule has 4 heteroatoms. The van der Waals surface area contributed by atoms with Crippen molar-refractivity contribution in [2.75, 3.05) is 6.54 Å². The van der Waals surface area contributed by atoms with E-state index < -0.39 is 0 Å². The van der Waals surface area contributed by atoms with Crippen molar-refractivity contribution < 1.29 is 4.79 Å². The van der Waals surface area contributed by atoms with E-state index in [1.165, 1.54) is 37.7 Å². The number of hydrogen-bond donors (Lipinski definition) is 2. The summed E-state index contributed by atoms with van der Waals surface area (Å²) < 4.78 is 0. The van der Waals surface area contributed by atoms with Crippen LogP contribution in [0.5, 0.6) is 0 Å². The van der Waals surface area contributed by atoms with Gasteiger partial charge in [-0.05, 0) is 49.8 Å². The largest absolute Gasteiger partial charge is 0.352 e. The molecule has 0 aliphatic heterocycles. The fourth-order valence-electron chi connectivity index (χ4n) is 2.86. The molecule has 0 bridgehead atoms. The summed E-state index contributed by atoms with van der Waals surface area (Å²) in [6.07, 6.45) is 7.44. The summed E-state index contributed by atoms with van der Waals surface area (Å²) in [5.74, 6) is 0.694. The molecule has 1 unspecified atom stereocenters. The van der Waals surface area contributed by atoms with Crippen LogP contribution in [0.2, 0.25) is 0 Å². The average Bonchev–Trinajstić information content (AvgIpc) is 2.48. The Hall–Kier alpha value is -1.06. The Labute approximate surface area is 134 Å². The van der Waals surface area contributed by atoms with E-state index in [-0.39, 0.29) is 24.4 Å². The average molecular weight is 311 g/mol. The topological polar surface area (TPSA) is 55.1 Å². The zero-order chi connectivity index (χ0) is 14.4. The Balaban J connectivity index is 0.00000220. The predicted octanol–water partition coefficient (Wildman–Crippen LogP) is 3.62. The molecule has 0 spiro atoms. The van der Waals surface area contributed by atoms with Crippen LogP contribution in [-0.4, -0.2) is 18.5 Å². The maximum absolute atomic E-state index is 12.0. The number of benzene rings is 1. The van der Waals surface area contributed by atoms with Gasteiger partial charge in [0.05, 0.1) is 0 Å². The van der Waals surface area contributed by atoms with Gasteiger partial charge in [0, 0.05) is 18.2 Å². The molecule has 1 saturated carbocycles. The molecule has 0 aromatic heterocycles. The molecule has 2 rings (SSSR count). The van der Waals surface area contributed by atoms with E-state index in [1.54, 1.807) is 0 Å². The van der Waals surface area contributed by atoms with Crippen molar-refractivity contribution in [3.05, 3.63) is 35.4 Å². The number of nitrogens with one attached hydrogen (secondary N) is 1. The fraction of sp³-hybridized carbons (Fsp3) is 0.588. The van der Waals surface area contributed by atoms with E-state index in [9.17, 15) is 4.79 Å². The van der Waals surface area contributed by atoms with Crippen molar-refractivity contribution >= 4 is 18.3 Å². The lowest BCUT2D eigenvalue weighted by Gasteiger charge is -2.22. The molecule has 0 radical (unpaired) electrons. The Morgan fingerprint density at radius 1 is 1.24 bits per heavy atom. The van der Waals surface area contributed by atoms with Crippen molar-refractivity contribution in [1.29, 1.82) is 0 Å². The summed E-state index contributed by atoms with van der Waals surface area (Å²) in [5, 5.41) is 2.91. The molecule has 1 aliphatic carbocycles. The fourth-order valence-corrected chi connectivity index (χ4v) is 2.86. The number of rotatable bonds is 5. The number of amides is 1. The predicted molar refractivity (Wildman–Crippen MR) is 90.1 cm³/mol. The highest BCUT2D eigenvalue weighted by Crippen LogP contribution is 2.32. The van der Waals surface area contributed by atoms with Crippen molar-refractivity contribution in [3.8, 4) is 0 Å². The van der Waals surface area contributed by atoms with Gasteiger partial charge in [-0.25, -0.2) is 0 Å². The number of hydrogen-bond acceptors (Lipinski definition) is 2. The second-order valence-corrected chi connectivity index (χ2v) is 5.98. The van der Waals surface area contributed by atoms with Crippen LogP contribution in [0, 0.1) is 0 Å². The number of carbonyl (C=O) groups is 1. The number of halogens is 1. The van der Waals surface area contributed by atoms with Crippen LogP contribution in [0.25, 0.3) is 0 Å². The van der Waals surface area contributed by atoms with Gasteiger partial charge in [0.1, 0.15) is 0 Å². The van der Waals surface area contributed by atoms with Crippen LogP contribution in [0.4, 0.5) is 0 Å². The highest BCUT2D eigenvalue weighted by atomic mass is 35.5. The van der Waals surface area contributed by atoms with Gasteiger partial charge in [-0.3, -0.25) is 4.79 Å². The minimum absolute atomic E-state index is 0. The van der Waals surface area contributed by atoms with E-state index in [1.807, 2.05) is 19.1 Å². The molecule has 3 nitrogen and oxygen atoms in total. The van der Waals surface area contributed by atoms with Crippen molar-refractivity contribution in [1.82, 2.24) is 5.32 Å². The third-order valence-corrected chi connectivity index (χ3v) is 4.13. The SMILES string of the molecule is CC(N)CCNC(=O)c1ccc(C2CCCCC2)cc1.Cl. The maximum Gasteiger partial charge on any atom is 0.251 e. The van der Waals surface area contributed by atoms with Crippen LogP contribution in [0.3, 0.4) is 0 Å². The number of nitrogens with two attached hydrogens (primary N) is 1. The summed E-state index contributed by atoms with van der Waals surface area (Å²) >= 11 is 0. The van der Waals surface area contributed by atoms with E-state index >= 15 is 0 Å². The van der Waals surface area contributed by atoms with Gasteiger partial charge in [0.2, 0.25) is 0 Å². The molecule has 1 atom stereocenters. The lowest BCUT2D eigenvalue weighted by atomic mass is 9.84.